The number of anilines is 1. The summed E-state index contributed by atoms with van der Waals surface area (Å²) in [7, 11) is 0. The lowest BCUT2D eigenvalue weighted by Crippen LogP contribution is -1.95. The summed E-state index contributed by atoms with van der Waals surface area (Å²) >= 11 is 0. The van der Waals surface area contributed by atoms with Crippen molar-refractivity contribution < 1.29 is 0 Å². The van der Waals surface area contributed by atoms with Gasteiger partial charge in [-0.05, 0) is 36.4 Å². The third-order valence-corrected chi connectivity index (χ3v) is 3.52. The van der Waals surface area contributed by atoms with Crippen LogP contribution in [0, 0.1) is 0 Å². The van der Waals surface area contributed by atoms with Gasteiger partial charge in [-0.25, -0.2) is 4.98 Å². The number of para-hydroxylation sites is 2. The van der Waals surface area contributed by atoms with E-state index in [9.17, 15) is 0 Å². The molecule has 0 bridgehead atoms. The molecule has 4 aromatic rings. The molecule has 0 aliphatic heterocycles. The van der Waals surface area contributed by atoms with Gasteiger partial charge in [-0.1, -0.05) is 24.3 Å². The normalized spacial score (nSPS) is 11.2. The fourth-order valence-electron chi connectivity index (χ4n) is 2.62. The topological polar surface area (TPSA) is 43.3 Å². The first-order valence-corrected chi connectivity index (χ1v) is 6.55. The molecule has 2 N–H and O–H groups in total. The van der Waals surface area contributed by atoms with Crippen molar-refractivity contribution in [1.29, 1.82) is 0 Å². The van der Waals surface area contributed by atoms with Crippen LogP contribution in [0.2, 0.25) is 0 Å². The number of nitrogens with two attached hydrogens (primary N) is 1. The van der Waals surface area contributed by atoms with Crippen molar-refractivity contribution in [1.82, 2.24) is 9.38 Å². The van der Waals surface area contributed by atoms with Gasteiger partial charge in [0.2, 0.25) is 0 Å². The molecule has 3 nitrogen and oxygen atoms in total. The first-order chi connectivity index (χ1) is 9.83. The second-order valence-electron chi connectivity index (χ2n) is 4.84. The Morgan fingerprint density at radius 2 is 1.70 bits per heavy atom. The van der Waals surface area contributed by atoms with Crippen molar-refractivity contribution in [3.63, 3.8) is 0 Å². The summed E-state index contributed by atoms with van der Waals surface area (Å²) in [4.78, 5) is 4.81. The lowest BCUT2D eigenvalue weighted by atomic mass is 10.1. The maximum atomic E-state index is 5.89. The Bertz CT molecular complexity index is 922. The molecule has 0 fully saturated rings. The summed E-state index contributed by atoms with van der Waals surface area (Å²) in [6, 6.07) is 20.1. The van der Waals surface area contributed by atoms with Crippen LogP contribution in [0.5, 0.6) is 0 Å². The van der Waals surface area contributed by atoms with E-state index in [-0.39, 0.29) is 0 Å². The molecule has 3 heteroatoms. The van der Waals surface area contributed by atoms with E-state index in [1.165, 1.54) is 0 Å². The Labute approximate surface area is 116 Å². The Hall–Kier alpha value is -2.81. The number of rotatable bonds is 1. The lowest BCUT2D eigenvalue weighted by molar-refractivity contribution is 1.23. The van der Waals surface area contributed by atoms with E-state index in [4.69, 9.17) is 10.7 Å². The summed E-state index contributed by atoms with van der Waals surface area (Å²) in [6.07, 6.45) is 2.06. The minimum atomic E-state index is 0.752. The number of benzene rings is 2. The monoisotopic (exact) mass is 259 g/mol. The van der Waals surface area contributed by atoms with Crippen LogP contribution < -0.4 is 5.73 Å². The van der Waals surface area contributed by atoms with E-state index in [1.807, 2.05) is 48.5 Å². The summed E-state index contributed by atoms with van der Waals surface area (Å²) < 4.78 is 2.17. The molecule has 0 atom stereocenters. The molecule has 0 radical (unpaired) electrons. The molecular formula is C17H13N3. The summed E-state index contributed by atoms with van der Waals surface area (Å²) in [6.45, 7) is 0. The predicted octanol–water partition coefficient (Wildman–Crippen LogP) is 3.74. The van der Waals surface area contributed by atoms with Gasteiger partial charge in [-0.15, -0.1) is 0 Å². The van der Waals surface area contributed by atoms with Crippen LogP contribution in [0.15, 0.2) is 66.9 Å². The fourth-order valence-corrected chi connectivity index (χ4v) is 2.62. The van der Waals surface area contributed by atoms with Crippen LogP contribution in [0.3, 0.4) is 0 Å². The lowest BCUT2D eigenvalue weighted by Gasteiger charge is -2.09. The second-order valence-corrected chi connectivity index (χ2v) is 4.84. The zero-order valence-electron chi connectivity index (χ0n) is 10.8. The van der Waals surface area contributed by atoms with Gasteiger partial charge < -0.3 is 10.1 Å². The molecular weight excluding hydrogens is 246 g/mol. The van der Waals surface area contributed by atoms with Gasteiger partial charge in [-0.3, -0.25) is 0 Å². The third-order valence-electron chi connectivity index (χ3n) is 3.52. The minimum absolute atomic E-state index is 0.752. The van der Waals surface area contributed by atoms with Gasteiger partial charge in [0.25, 0.3) is 0 Å². The number of hydrogen-bond donors (Lipinski definition) is 1. The van der Waals surface area contributed by atoms with E-state index in [2.05, 4.69) is 22.7 Å². The van der Waals surface area contributed by atoms with Crippen molar-refractivity contribution in [2.75, 3.05) is 5.73 Å². The highest BCUT2D eigenvalue weighted by Gasteiger charge is 2.09. The molecule has 0 aliphatic carbocycles. The Balaban J connectivity index is 2.14. The van der Waals surface area contributed by atoms with Crippen molar-refractivity contribution in [3.8, 4) is 11.3 Å². The molecule has 20 heavy (non-hydrogen) atoms. The van der Waals surface area contributed by atoms with Crippen LogP contribution in [-0.4, -0.2) is 9.38 Å². The number of fused-ring (bicyclic) bond motifs is 3. The van der Waals surface area contributed by atoms with E-state index in [1.54, 1.807) is 0 Å². The molecule has 0 saturated carbocycles. The van der Waals surface area contributed by atoms with Gasteiger partial charge in [-0.2, -0.15) is 0 Å². The molecule has 0 unspecified atom stereocenters. The van der Waals surface area contributed by atoms with Crippen LogP contribution in [0.1, 0.15) is 0 Å². The van der Waals surface area contributed by atoms with Gasteiger partial charge in [0.1, 0.15) is 0 Å². The summed E-state index contributed by atoms with van der Waals surface area (Å²) in [5.74, 6) is 0. The smallest absolute Gasteiger partial charge is 0.0951 e. The number of nitrogen functional groups attached to an aromatic ring is 1. The standard InChI is InChI=1S/C17H13N3/c18-13-6-3-5-12(11-13)17-16-9-4-10-20(16)15-8-2-1-7-14(15)19-17/h1-11H,18H2. The van der Waals surface area contributed by atoms with E-state index in [0.717, 1.165) is 33.5 Å². The highest BCUT2D eigenvalue weighted by Crippen LogP contribution is 2.27. The summed E-state index contributed by atoms with van der Waals surface area (Å²) in [5, 5.41) is 0. The van der Waals surface area contributed by atoms with Crippen molar-refractivity contribution in [2.45, 2.75) is 0 Å². The van der Waals surface area contributed by atoms with Gasteiger partial charge in [0.05, 0.1) is 22.2 Å². The minimum Gasteiger partial charge on any atom is -0.399 e. The molecule has 96 valence electrons. The van der Waals surface area contributed by atoms with Crippen molar-refractivity contribution in [3.05, 3.63) is 66.9 Å². The number of nitrogens with zero attached hydrogens (tertiary/aromatic N) is 2. The molecule has 0 spiro atoms. The zero-order chi connectivity index (χ0) is 13.5. The van der Waals surface area contributed by atoms with Gasteiger partial charge >= 0.3 is 0 Å². The number of hydrogen-bond acceptors (Lipinski definition) is 2. The zero-order valence-corrected chi connectivity index (χ0v) is 10.8. The van der Waals surface area contributed by atoms with Crippen molar-refractivity contribution in [2.24, 2.45) is 0 Å². The Kier molecular flexibility index (Phi) is 2.27. The SMILES string of the molecule is Nc1cccc(-c2nc3ccccc3n3cccc23)c1. The van der Waals surface area contributed by atoms with Gasteiger partial charge in [0, 0.05) is 17.4 Å². The maximum absolute atomic E-state index is 5.89. The van der Waals surface area contributed by atoms with E-state index < -0.39 is 0 Å². The molecule has 2 aromatic carbocycles. The Morgan fingerprint density at radius 3 is 2.60 bits per heavy atom. The van der Waals surface area contributed by atoms with Crippen molar-refractivity contribution >= 4 is 22.2 Å². The van der Waals surface area contributed by atoms with Crippen LogP contribution in [0.4, 0.5) is 5.69 Å². The van der Waals surface area contributed by atoms with Gasteiger partial charge in [0.15, 0.2) is 0 Å². The highest BCUT2D eigenvalue weighted by atomic mass is 14.9. The maximum Gasteiger partial charge on any atom is 0.0951 e. The fraction of sp³-hybridized carbons (Fsp3) is 0. The quantitative estimate of drug-likeness (QED) is 0.529. The summed E-state index contributed by atoms with van der Waals surface area (Å²) in [5.41, 5.74) is 11.8. The molecule has 4 rings (SSSR count). The second kappa shape index (κ2) is 4.10. The highest BCUT2D eigenvalue weighted by molar-refractivity contribution is 5.88. The molecule has 0 amide bonds. The average Bonchev–Trinajstić information content (AvgIpc) is 2.96. The molecule has 2 aromatic heterocycles. The largest absolute Gasteiger partial charge is 0.399 e. The molecule has 0 aliphatic rings. The van der Waals surface area contributed by atoms with Crippen LogP contribution in [0.25, 0.3) is 27.8 Å². The van der Waals surface area contributed by atoms with E-state index >= 15 is 0 Å². The van der Waals surface area contributed by atoms with Crippen LogP contribution in [-0.2, 0) is 0 Å². The first-order valence-electron chi connectivity index (χ1n) is 6.55. The third kappa shape index (κ3) is 1.57. The number of aromatic nitrogens is 2. The average molecular weight is 259 g/mol. The van der Waals surface area contributed by atoms with Crippen LogP contribution >= 0.6 is 0 Å². The Morgan fingerprint density at radius 1 is 0.850 bits per heavy atom. The molecule has 2 heterocycles. The first kappa shape index (κ1) is 11.1. The predicted molar refractivity (Wildman–Crippen MR) is 82.5 cm³/mol. The molecule has 0 saturated heterocycles. The van der Waals surface area contributed by atoms with E-state index in [0.29, 0.717) is 0 Å².